The summed E-state index contributed by atoms with van der Waals surface area (Å²) >= 11 is 0. The molecule has 0 aromatic heterocycles. The van der Waals surface area contributed by atoms with Gasteiger partial charge in [-0.2, -0.15) is 0 Å². The molecule has 0 aliphatic heterocycles. The van der Waals surface area contributed by atoms with E-state index in [1.165, 1.54) is 0 Å². The first-order valence-electron chi connectivity index (χ1n) is 9.79. The van der Waals surface area contributed by atoms with Crippen molar-refractivity contribution in [3.8, 4) is 0 Å². The number of hydrogen-bond donors (Lipinski definition) is 5. The number of ether oxygens (including phenoxy) is 2. The van der Waals surface area contributed by atoms with Crippen molar-refractivity contribution in [3.05, 3.63) is 0 Å². The van der Waals surface area contributed by atoms with E-state index in [1.807, 2.05) is 27.7 Å². The first-order valence-corrected chi connectivity index (χ1v) is 9.79. The van der Waals surface area contributed by atoms with Gasteiger partial charge in [0, 0.05) is 65.5 Å². The minimum Gasteiger partial charge on any atom is -0.460 e. The molecule has 0 fully saturated rings. The van der Waals surface area contributed by atoms with Gasteiger partial charge in [-0.3, -0.25) is 10.1 Å². The van der Waals surface area contributed by atoms with E-state index < -0.39 is 5.60 Å². The molecule has 0 aromatic rings. The summed E-state index contributed by atoms with van der Waals surface area (Å²) in [4.78, 5) is 11.5. The molecule has 0 radical (unpaired) electrons. The van der Waals surface area contributed by atoms with Crippen molar-refractivity contribution in [2.75, 3.05) is 72.2 Å². The lowest BCUT2D eigenvalue weighted by atomic mass is 10.2. The summed E-state index contributed by atoms with van der Waals surface area (Å²) in [5.74, 6) is -0.152. The Kier molecular flexibility index (Phi) is 17.1. The average molecular weight is 376 g/mol. The number of carbonyl (C=O) groups excluding carboxylic acids is 1. The number of nitrogens with one attached hydrogen (secondary N) is 5. The zero-order chi connectivity index (χ0) is 19.5. The Morgan fingerprint density at radius 3 is 1.58 bits per heavy atom. The van der Waals surface area contributed by atoms with Gasteiger partial charge in [-0.1, -0.05) is 0 Å². The highest BCUT2D eigenvalue weighted by Gasteiger charge is 2.15. The fourth-order valence-electron chi connectivity index (χ4n) is 2.04. The van der Waals surface area contributed by atoms with Crippen molar-refractivity contribution in [2.24, 2.45) is 0 Å². The van der Waals surface area contributed by atoms with Crippen LogP contribution in [0.15, 0.2) is 0 Å². The molecule has 0 rings (SSSR count). The van der Waals surface area contributed by atoms with E-state index in [4.69, 9.17) is 9.47 Å². The molecule has 0 saturated heterocycles. The quantitative estimate of drug-likeness (QED) is 0.126. The molecule has 0 unspecified atom stereocenters. The first kappa shape index (κ1) is 25.2. The first-order chi connectivity index (χ1) is 12.5. The van der Waals surface area contributed by atoms with Gasteiger partial charge in [-0.15, -0.1) is 0 Å². The van der Waals surface area contributed by atoms with Gasteiger partial charge in [0.05, 0.1) is 13.2 Å². The zero-order valence-electron chi connectivity index (χ0n) is 17.2. The predicted molar refractivity (Wildman–Crippen MR) is 106 cm³/mol. The Morgan fingerprint density at radius 1 is 0.731 bits per heavy atom. The summed E-state index contributed by atoms with van der Waals surface area (Å²) in [5.41, 5.74) is -0.401. The van der Waals surface area contributed by atoms with Crippen molar-refractivity contribution in [2.45, 2.75) is 39.7 Å². The molecule has 0 aliphatic rings. The van der Waals surface area contributed by atoms with Crippen molar-refractivity contribution < 1.29 is 14.3 Å². The summed E-state index contributed by atoms with van der Waals surface area (Å²) < 4.78 is 10.4. The molecule has 0 spiro atoms. The van der Waals surface area contributed by atoms with E-state index in [9.17, 15) is 4.79 Å². The fraction of sp³-hybridized carbons (Fsp3) is 0.944. The standard InChI is InChI=1S/C18H41N5O3/c1-5-25-16-23-15-14-22-13-12-21-11-10-20-9-8-19-7-6-17(24)26-18(2,3)4/h19-23H,5-16H2,1-4H3. The molecule has 0 bridgehead atoms. The van der Waals surface area contributed by atoms with E-state index in [-0.39, 0.29) is 5.97 Å². The normalized spacial score (nSPS) is 11.7. The molecule has 5 N–H and O–H groups in total. The van der Waals surface area contributed by atoms with Crippen LogP contribution in [0.1, 0.15) is 34.1 Å². The highest BCUT2D eigenvalue weighted by Crippen LogP contribution is 2.07. The van der Waals surface area contributed by atoms with Crippen LogP contribution >= 0.6 is 0 Å². The zero-order valence-corrected chi connectivity index (χ0v) is 17.2. The van der Waals surface area contributed by atoms with Gasteiger partial charge in [0.2, 0.25) is 0 Å². The lowest BCUT2D eigenvalue weighted by molar-refractivity contribution is -0.154. The second-order valence-corrected chi connectivity index (χ2v) is 6.97. The molecule has 0 amide bonds. The molecule has 0 heterocycles. The van der Waals surface area contributed by atoms with Gasteiger partial charge in [-0.25, -0.2) is 0 Å². The average Bonchev–Trinajstić information content (AvgIpc) is 2.56. The van der Waals surface area contributed by atoms with Gasteiger partial charge in [0.1, 0.15) is 5.60 Å². The third-order valence-corrected chi connectivity index (χ3v) is 3.25. The van der Waals surface area contributed by atoms with Crippen LogP contribution in [0.3, 0.4) is 0 Å². The minimum atomic E-state index is -0.401. The van der Waals surface area contributed by atoms with E-state index in [2.05, 4.69) is 26.6 Å². The summed E-state index contributed by atoms with van der Waals surface area (Å²) in [6.07, 6.45) is 0.410. The molecule has 0 atom stereocenters. The van der Waals surface area contributed by atoms with Gasteiger partial charge in [-0.05, 0) is 27.7 Å². The van der Waals surface area contributed by atoms with Gasteiger partial charge in [0.25, 0.3) is 0 Å². The SMILES string of the molecule is CCOCNCCNCCNCCNCCNCCC(=O)OC(C)(C)C. The largest absolute Gasteiger partial charge is 0.460 e. The van der Waals surface area contributed by atoms with Crippen LogP contribution in [0.5, 0.6) is 0 Å². The maximum Gasteiger partial charge on any atom is 0.307 e. The van der Waals surface area contributed by atoms with Crippen molar-refractivity contribution in [3.63, 3.8) is 0 Å². The molecule has 156 valence electrons. The molecular formula is C18H41N5O3. The fourth-order valence-corrected chi connectivity index (χ4v) is 2.04. The van der Waals surface area contributed by atoms with Crippen molar-refractivity contribution in [1.29, 1.82) is 0 Å². The van der Waals surface area contributed by atoms with Crippen LogP contribution in [0.4, 0.5) is 0 Å². The van der Waals surface area contributed by atoms with Crippen LogP contribution < -0.4 is 26.6 Å². The lowest BCUT2D eigenvalue weighted by Gasteiger charge is -2.19. The molecule has 0 aliphatic carbocycles. The monoisotopic (exact) mass is 375 g/mol. The highest BCUT2D eigenvalue weighted by atomic mass is 16.6. The van der Waals surface area contributed by atoms with E-state index >= 15 is 0 Å². The summed E-state index contributed by atoms with van der Waals surface area (Å²) in [6.45, 7) is 17.1. The maximum absolute atomic E-state index is 11.5. The van der Waals surface area contributed by atoms with Crippen LogP contribution in [0, 0.1) is 0 Å². The lowest BCUT2D eigenvalue weighted by Crippen LogP contribution is -2.37. The molecule has 0 saturated carbocycles. The van der Waals surface area contributed by atoms with Crippen molar-refractivity contribution >= 4 is 5.97 Å². The second kappa shape index (κ2) is 17.6. The van der Waals surface area contributed by atoms with Crippen LogP contribution in [0.2, 0.25) is 0 Å². The van der Waals surface area contributed by atoms with Gasteiger partial charge in [0.15, 0.2) is 0 Å². The minimum absolute atomic E-state index is 0.152. The Bertz CT molecular complexity index is 324. The van der Waals surface area contributed by atoms with Crippen LogP contribution in [0.25, 0.3) is 0 Å². The number of esters is 1. The Hall–Kier alpha value is -0.770. The van der Waals surface area contributed by atoms with E-state index in [1.54, 1.807) is 0 Å². The maximum atomic E-state index is 11.5. The van der Waals surface area contributed by atoms with Crippen LogP contribution in [-0.2, 0) is 14.3 Å². The van der Waals surface area contributed by atoms with E-state index in [0.29, 0.717) is 19.7 Å². The summed E-state index contributed by atoms with van der Waals surface area (Å²) in [7, 11) is 0. The third-order valence-electron chi connectivity index (χ3n) is 3.25. The third kappa shape index (κ3) is 21.3. The highest BCUT2D eigenvalue weighted by molar-refractivity contribution is 5.70. The second-order valence-electron chi connectivity index (χ2n) is 6.97. The molecule has 8 nitrogen and oxygen atoms in total. The number of hydrogen-bond acceptors (Lipinski definition) is 8. The van der Waals surface area contributed by atoms with Gasteiger partial charge >= 0.3 is 5.97 Å². The smallest absolute Gasteiger partial charge is 0.307 e. The predicted octanol–water partition coefficient (Wildman–Crippen LogP) is -0.340. The van der Waals surface area contributed by atoms with Gasteiger partial charge < -0.3 is 30.7 Å². The molecule has 26 heavy (non-hydrogen) atoms. The summed E-state index contributed by atoms with van der Waals surface area (Å²) in [5, 5.41) is 16.5. The summed E-state index contributed by atoms with van der Waals surface area (Å²) in [6, 6.07) is 0. The van der Waals surface area contributed by atoms with Crippen LogP contribution in [-0.4, -0.2) is 83.8 Å². The molecular weight excluding hydrogens is 334 g/mol. The molecule has 0 aromatic carbocycles. The number of carbonyl (C=O) groups is 1. The van der Waals surface area contributed by atoms with E-state index in [0.717, 1.165) is 59.0 Å². The Balaban J connectivity index is 3.12. The molecule has 8 heteroatoms. The Labute approximate surface area is 159 Å². The van der Waals surface area contributed by atoms with Crippen molar-refractivity contribution in [1.82, 2.24) is 26.6 Å². The Morgan fingerprint density at radius 2 is 1.15 bits per heavy atom. The number of rotatable bonds is 18. The topological polar surface area (TPSA) is 95.7 Å².